The Hall–Kier alpha value is -0.840. The molecule has 0 spiro atoms. The molecule has 0 amide bonds. The minimum Gasteiger partial charge on any atom is -0.497 e. The van der Waals surface area contributed by atoms with Crippen LogP contribution < -0.4 is 0 Å². The van der Waals surface area contributed by atoms with Crippen molar-refractivity contribution in [2.75, 3.05) is 7.11 Å². The second kappa shape index (κ2) is 5.33. The Morgan fingerprint density at radius 3 is 2.54 bits per heavy atom. The lowest BCUT2D eigenvalue weighted by Crippen LogP contribution is -2.48. The van der Waals surface area contributed by atoms with Crippen molar-refractivity contribution >= 4 is 0 Å². The Morgan fingerprint density at radius 1 is 1.08 bits per heavy atom. The third-order valence-corrected chi connectivity index (χ3v) is 7.80. The normalized spacial score (nSPS) is 50.8. The zero-order valence-corrected chi connectivity index (χ0v) is 15.0. The lowest BCUT2D eigenvalue weighted by molar-refractivity contribution is -0.0392. The first-order chi connectivity index (χ1) is 11.3. The lowest BCUT2D eigenvalue weighted by Gasteiger charge is -2.54. The molecule has 0 bridgehead atoms. The van der Waals surface area contributed by atoms with Gasteiger partial charge in [0.1, 0.15) is 5.76 Å². The Labute approximate surface area is 144 Å². The summed E-state index contributed by atoms with van der Waals surface area (Å²) in [5, 5.41) is 31.0. The SMILES string of the molecule is COC1=C2[C@@H]3C[C@@H](O)[C@H](O)[C@@]3(C)CC[C@@H]2[C@@]2(C)CC[C@H](O)CC2=C1. The number of hydrogen-bond acceptors (Lipinski definition) is 4. The molecule has 134 valence electrons. The number of methoxy groups -OCH3 is 1. The molecule has 0 saturated heterocycles. The summed E-state index contributed by atoms with van der Waals surface area (Å²) in [5.74, 6) is 1.49. The fraction of sp³-hybridized carbons (Fsp3) is 0.800. The van der Waals surface area contributed by atoms with Crippen LogP contribution in [-0.4, -0.2) is 40.7 Å². The standard InChI is InChI=1S/C20H30O4/c1-19-6-4-12(21)8-11(19)9-16(24-3)17-13(19)5-7-20(2)14(17)10-15(22)18(20)23/h9,12-15,18,21-23H,4-8,10H2,1-3H3/t12-,13-,14-,15+,18-,19-,20-/m0/s1. The van der Waals surface area contributed by atoms with E-state index in [0.717, 1.165) is 37.9 Å². The van der Waals surface area contributed by atoms with E-state index in [1.54, 1.807) is 7.11 Å². The van der Waals surface area contributed by atoms with E-state index >= 15 is 0 Å². The van der Waals surface area contributed by atoms with Crippen molar-refractivity contribution in [2.45, 2.75) is 70.7 Å². The molecule has 0 radical (unpaired) electrons. The molecule has 0 aromatic rings. The van der Waals surface area contributed by atoms with Gasteiger partial charge in [0.25, 0.3) is 0 Å². The summed E-state index contributed by atoms with van der Waals surface area (Å²) in [4.78, 5) is 0. The molecule has 4 aliphatic rings. The highest BCUT2D eigenvalue weighted by Gasteiger charge is 2.60. The van der Waals surface area contributed by atoms with Gasteiger partial charge in [-0.3, -0.25) is 0 Å². The lowest BCUT2D eigenvalue weighted by atomic mass is 9.51. The van der Waals surface area contributed by atoms with Gasteiger partial charge in [0.2, 0.25) is 0 Å². The third-order valence-electron chi connectivity index (χ3n) is 7.80. The van der Waals surface area contributed by atoms with E-state index in [4.69, 9.17) is 4.74 Å². The first-order valence-electron chi connectivity index (χ1n) is 9.34. The smallest absolute Gasteiger partial charge is 0.118 e. The zero-order valence-electron chi connectivity index (χ0n) is 15.0. The number of rotatable bonds is 1. The maximum absolute atomic E-state index is 10.6. The first-order valence-corrected chi connectivity index (χ1v) is 9.34. The molecule has 24 heavy (non-hydrogen) atoms. The van der Waals surface area contributed by atoms with Crippen LogP contribution in [-0.2, 0) is 4.74 Å². The van der Waals surface area contributed by atoms with Crippen molar-refractivity contribution in [3.05, 3.63) is 23.0 Å². The average Bonchev–Trinajstić information content (AvgIpc) is 2.78. The van der Waals surface area contributed by atoms with E-state index in [2.05, 4.69) is 19.9 Å². The predicted molar refractivity (Wildman–Crippen MR) is 91.0 cm³/mol. The fourth-order valence-electron chi connectivity index (χ4n) is 6.20. The molecule has 3 saturated carbocycles. The van der Waals surface area contributed by atoms with Crippen LogP contribution in [0.15, 0.2) is 23.0 Å². The molecular formula is C20H30O4. The van der Waals surface area contributed by atoms with Gasteiger partial charge in [-0.25, -0.2) is 0 Å². The number of aliphatic hydroxyl groups excluding tert-OH is 3. The molecule has 0 aromatic heterocycles. The highest BCUT2D eigenvalue weighted by molar-refractivity contribution is 5.42. The summed E-state index contributed by atoms with van der Waals surface area (Å²) in [6.45, 7) is 4.47. The van der Waals surface area contributed by atoms with Gasteiger partial charge in [0.15, 0.2) is 0 Å². The Bertz CT molecular complexity index is 609. The zero-order chi connectivity index (χ0) is 17.3. The molecule has 0 unspecified atom stereocenters. The number of aliphatic hydroxyl groups is 3. The summed E-state index contributed by atoms with van der Waals surface area (Å²) in [6.07, 6.45) is 5.78. The van der Waals surface area contributed by atoms with E-state index in [0.29, 0.717) is 12.3 Å². The highest BCUT2D eigenvalue weighted by atomic mass is 16.5. The second-order valence-electron chi connectivity index (χ2n) is 8.90. The van der Waals surface area contributed by atoms with Crippen molar-refractivity contribution in [1.82, 2.24) is 0 Å². The maximum atomic E-state index is 10.6. The van der Waals surface area contributed by atoms with Gasteiger partial charge in [-0.15, -0.1) is 0 Å². The fourth-order valence-corrected chi connectivity index (χ4v) is 6.20. The van der Waals surface area contributed by atoms with Gasteiger partial charge in [-0.05, 0) is 67.4 Å². The van der Waals surface area contributed by atoms with E-state index in [1.165, 1.54) is 11.1 Å². The molecular weight excluding hydrogens is 304 g/mol. The van der Waals surface area contributed by atoms with Crippen LogP contribution in [0.1, 0.15) is 52.4 Å². The molecule has 3 fully saturated rings. The quantitative estimate of drug-likeness (QED) is 0.689. The van der Waals surface area contributed by atoms with Gasteiger partial charge in [-0.2, -0.15) is 0 Å². The third kappa shape index (κ3) is 2.03. The van der Waals surface area contributed by atoms with Crippen LogP contribution in [0, 0.1) is 22.7 Å². The molecule has 7 atom stereocenters. The highest BCUT2D eigenvalue weighted by Crippen LogP contribution is 2.64. The topological polar surface area (TPSA) is 69.9 Å². The Kier molecular flexibility index (Phi) is 3.69. The molecule has 4 aliphatic carbocycles. The van der Waals surface area contributed by atoms with Crippen molar-refractivity contribution in [2.24, 2.45) is 22.7 Å². The van der Waals surface area contributed by atoms with Gasteiger partial charge >= 0.3 is 0 Å². The second-order valence-corrected chi connectivity index (χ2v) is 8.90. The summed E-state index contributed by atoms with van der Waals surface area (Å²) in [5.41, 5.74) is 2.44. The Morgan fingerprint density at radius 2 is 1.83 bits per heavy atom. The van der Waals surface area contributed by atoms with Crippen LogP contribution in [0.3, 0.4) is 0 Å². The monoisotopic (exact) mass is 334 g/mol. The van der Waals surface area contributed by atoms with Crippen molar-refractivity contribution in [3.8, 4) is 0 Å². The molecule has 3 N–H and O–H groups in total. The molecule has 4 nitrogen and oxygen atoms in total. The minimum absolute atomic E-state index is 0.0798. The number of ether oxygens (including phenoxy) is 1. The first kappa shape index (κ1) is 16.6. The maximum Gasteiger partial charge on any atom is 0.118 e. The summed E-state index contributed by atoms with van der Waals surface area (Å²) in [7, 11) is 1.71. The number of hydrogen-bond donors (Lipinski definition) is 3. The van der Waals surface area contributed by atoms with Gasteiger partial charge < -0.3 is 20.1 Å². The summed E-state index contributed by atoms with van der Waals surface area (Å²) < 4.78 is 5.77. The molecule has 4 heteroatoms. The van der Waals surface area contributed by atoms with Crippen molar-refractivity contribution in [1.29, 1.82) is 0 Å². The Balaban J connectivity index is 1.83. The van der Waals surface area contributed by atoms with E-state index < -0.39 is 12.2 Å². The van der Waals surface area contributed by atoms with Gasteiger partial charge in [0, 0.05) is 5.41 Å². The number of allylic oxidation sites excluding steroid dienone is 2. The van der Waals surface area contributed by atoms with Crippen molar-refractivity contribution < 1.29 is 20.1 Å². The molecule has 4 rings (SSSR count). The van der Waals surface area contributed by atoms with E-state index in [-0.39, 0.29) is 22.9 Å². The van der Waals surface area contributed by atoms with Gasteiger partial charge in [0.05, 0.1) is 25.4 Å². The molecule has 0 aromatic carbocycles. The molecule has 0 heterocycles. The summed E-state index contributed by atoms with van der Waals surface area (Å²) in [6, 6.07) is 0. The van der Waals surface area contributed by atoms with Crippen LogP contribution >= 0.6 is 0 Å². The largest absolute Gasteiger partial charge is 0.497 e. The van der Waals surface area contributed by atoms with Crippen LogP contribution in [0.5, 0.6) is 0 Å². The van der Waals surface area contributed by atoms with E-state index in [1.807, 2.05) is 0 Å². The van der Waals surface area contributed by atoms with Crippen LogP contribution in [0.2, 0.25) is 0 Å². The molecule has 0 aliphatic heterocycles. The minimum atomic E-state index is -0.652. The van der Waals surface area contributed by atoms with Crippen molar-refractivity contribution in [3.63, 3.8) is 0 Å². The average molecular weight is 334 g/mol. The van der Waals surface area contributed by atoms with Crippen LogP contribution in [0.25, 0.3) is 0 Å². The van der Waals surface area contributed by atoms with Crippen LogP contribution in [0.4, 0.5) is 0 Å². The predicted octanol–water partition coefficient (Wildman–Crippen LogP) is 2.54. The van der Waals surface area contributed by atoms with E-state index in [9.17, 15) is 15.3 Å². The number of fused-ring (bicyclic) bond motifs is 5. The summed E-state index contributed by atoms with van der Waals surface area (Å²) >= 11 is 0. The van der Waals surface area contributed by atoms with Gasteiger partial charge in [-0.1, -0.05) is 19.4 Å².